The first kappa shape index (κ1) is 20.4. The SMILES string of the molecule is CCn1c(S[C@H](C)C(=O)Nc2ccc(C)cc2)nc2cc(S(N)(=O)=O)ccc21. The van der Waals surface area contributed by atoms with Gasteiger partial charge in [-0.15, -0.1) is 0 Å². The summed E-state index contributed by atoms with van der Waals surface area (Å²) in [5.41, 5.74) is 3.19. The lowest BCUT2D eigenvalue weighted by Gasteiger charge is -2.13. The zero-order chi connectivity index (χ0) is 20.5. The van der Waals surface area contributed by atoms with Gasteiger partial charge in [-0.2, -0.15) is 0 Å². The van der Waals surface area contributed by atoms with Crippen molar-refractivity contribution >= 4 is 44.4 Å². The Labute approximate surface area is 168 Å². The van der Waals surface area contributed by atoms with E-state index in [9.17, 15) is 13.2 Å². The number of primary sulfonamides is 1. The molecule has 28 heavy (non-hydrogen) atoms. The monoisotopic (exact) mass is 418 g/mol. The van der Waals surface area contributed by atoms with Gasteiger partial charge in [0.25, 0.3) is 0 Å². The number of carbonyl (C=O) groups excluding carboxylic acids is 1. The van der Waals surface area contributed by atoms with Gasteiger partial charge >= 0.3 is 0 Å². The zero-order valence-electron chi connectivity index (χ0n) is 15.8. The maximum Gasteiger partial charge on any atom is 0.238 e. The second-order valence-corrected chi connectivity index (χ2v) is 9.32. The first-order chi connectivity index (χ1) is 13.2. The molecule has 0 aliphatic rings. The number of anilines is 1. The van der Waals surface area contributed by atoms with Gasteiger partial charge in [-0.25, -0.2) is 18.5 Å². The number of thioether (sulfide) groups is 1. The van der Waals surface area contributed by atoms with Gasteiger partial charge in [0, 0.05) is 12.2 Å². The molecule has 148 valence electrons. The lowest BCUT2D eigenvalue weighted by atomic mass is 10.2. The molecule has 0 unspecified atom stereocenters. The summed E-state index contributed by atoms with van der Waals surface area (Å²) >= 11 is 1.32. The summed E-state index contributed by atoms with van der Waals surface area (Å²) in [6.07, 6.45) is 0. The van der Waals surface area contributed by atoms with Crippen LogP contribution >= 0.6 is 11.8 Å². The second-order valence-electron chi connectivity index (χ2n) is 6.45. The summed E-state index contributed by atoms with van der Waals surface area (Å²) in [5, 5.41) is 8.37. The smallest absolute Gasteiger partial charge is 0.238 e. The highest BCUT2D eigenvalue weighted by Gasteiger charge is 2.20. The minimum atomic E-state index is -3.80. The van der Waals surface area contributed by atoms with Crippen LogP contribution in [0.25, 0.3) is 11.0 Å². The Morgan fingerprint density at radius 1 is 1.25 bits per heavy atom. The molecule has 1 aromatic heterocycles. The third-order valence-corrected chi connectivity index (χ3v) is 6.30. The van der Waals surface area contributed by atoms with Crippen molar-refractivity contribution in [3.63, 3.8) is 0 Å². The molecule has 0 saturated carbocycles. The van der Waals surface area contributed by atoms with Gasteiger partial charge in [0.05, 0.1) is 21.2 Å². The summed E-state index contributed by atoms with van der Waals surface area (Å²) in [5.74, 6) is -0.131. The van der Waals surface area contributed by atoms with Gasteiger partial charge in [-0.05, 0) is 51.1 Å². The van der Waals surface area contributed by atoms with Gasteiger partial charge < -0.3 is 9.88 Å². The fourth-order valence-corrected chi connectivity index (χ4v) is 4.27. The number of aryl methyl sites for hydroxylation is 2. The number of nitrogens with one attached hydrogen (secondary N) is 1. The summed E-state index contributed by atoms with van der Waals surface area (Å²) in [6.45, 7) is 6.40. The molecule has 1 heterocycles. The predicted octanol–water partition coefficient (Wildman–Crippen LogP) is 3.13. The highest BCUT2D eigenvalue weighted by atomic mass is 32.2. The number of nitrogens with two attached hydrogens (primary N) is 1. The Kier molecular flexibility index (Phi) is 5.78. The number of nitrogens with zero attached hydrogens (tertiary/aromatic N) is 2. The molecule has 2 aromatic carbocycles. The predicted molar refractivity (Wildman–Crippen MR) is 112 cm³/mol. The Morgan fingerprint density at radius 3 is 2.54 bits per heavy atom. The lowest BCUT2D eigenvalue weighted by Crippen LogP contribution is -2.22. The Bertz CT molecular complexity index is 1120. The summed E-state index contributed by atoms with van der Waals surface area (Å²) in [4.78, 5) is 17.1. The number of hydrogen-bond donors (Lipinski definition) is 2. The van der Waals surface area contributed by atoms with Crippen molar-refractivity contribution < 1.29 is 13.2 Å². The van der Waals surface area contributed by atoms with Crippen LogP contribution < -0.4 is 10.5 Å². The fourth-order valence-electron chi connectivity index (χ4n) is 2.75. The zero-order valence-corrected chi connectivity index (χ0v) is 17.5. The normalized spacial score (nSPS) is 12.9. The first-order valence-corrected chi connectivity index (χ1v) is 11.2. The van der Waals surface area contributed by atoms with E-state index in [1.807, 2.05) is 49.6 Å². The number of imidazole rings is 1. The number of aromatic nitrogens is 2. The van der Waals surface area contributed by atoms with Crippen LogP contribution in [0.3, 0.4) is 0 Å². The van der Waals surface area contributed by atoms with Gasteiger partial charge in [-0.1, -0.05) is 29.5 Å². The molecule has 1 amide bonds. The second kappa shape index (κ2) is 7.94. The average Bonchev–Trinajstić information content (AvgIpc) is 2.98. The molecule has 0 aliphatic heterocycles. The van der Waals surface area contributed by atoms with E-state index < -0.39 is 10.0 Å². The van der Waals surface area contributed by atoms with E-state index in [0.717, 1.165) is 16.8 Å². The first-order valence-electron chi connectivity index (χ1n) is 8.76. The van der Waals surface area contributed by atoms with Crippen LogP contribution in [-0.4, -0.2) is 29.1 Å². The Balaban J connectivity index is 1.84. The van der Waals surface area contributed by atoms with Crippen molar-refractivity contribution in [1.82, 2.24) is 9.55 Å². The van der Waals surface area contributed by atoms with Crippen LogP contribution in [0.1, 0.15) is 19.4 Å². The summed E-state index contributed by atoms with van der Waals surface area (Å²) in [7, 11) is -3.80. The van der Waals surface area contributed by atoms with Crippen LogP contribution in [-0.2, 0) is 21.4 Å². The van der Waals surface area contributed by atoms with Crippen LogP contribution in [0.4, 0.5) is 5.69 Å². The highest BCUT2D eigenvalue weighted by Crippen LogP contribution is 2.29. The maximum atomic E-state index is 12.5. The average molecular weight is 419 g/mol. The van der Waals surface area contributed by atoms with E-state index >= 15 is 0 Å². The number of sulfonamides is 1. The number of rotatable bonds is 6. The van der Waals surface area contributed by atoms with E-state index in [2.05, 4.69) is 10.3 Å². The molecular weight excluding hydrogens is 396 g/mol. The standard InChI is InChI=1S/C19H22N4O3S2/c1-4-23-17-10-9-15(28(20,25)26)11-16(17)22-19(23)27-13(3)18(24)21-14-7-5-12(2)6-8-14/h5-11,13H,4H2,1-3H3,(H,21,24)(H2,20,25,26)/t13-/m1/s1. The van der Waals surface area contributed by atoms with Crippen LogP contribution in [0.15, 0.2) is 52.5 Å². The molecule has 1 atom stereocenters. The number of amides is 1. The molecule has 9 heteroatoms. The number of benzene rings is 2. The van der Waals surface area contributed by atoms with Gasteiger partial charge in [-0.3, -0.25) is 4.79 Å². The largest absolute Gasteiger partial charge is 0.325 e. The quantitative estimate of drug-likeness (QED) is 0.598. The van der Waals surface area contributed by atoms with Crippen molar-refractivity contribution in [2.24, 2.45) is 5.14 Å². The summed E-state index contributed by atoms with van der Waals surface area (Å²) < 4.78 is 25.1. The highest BCUT2D eigenvalue weighted by molar-refractivity contribution is 8.00. The topological polar surface area (TPSA) is 107 Å². The molecule has 0 saturated heterocycles. The minimum absolute atomic E-state index is 0.0162. The molecule has 0 spiro atoms. The van der Waals surface area contributed by atoms with Crippen molar-refractivity contribution in [2.45, 2.75) is 42.6 Å². The molecule has 3 N–H and O–H groups in total. The Morgan fingerprint density at radius 2 is 1.93 bits per heavy atom. The third-order valence-electron chi connectivity index (χ3n) is 4.30. The Hall–Kier alpha value is -2.36. The van der Waals surface area contributed by atoms with Gasteiger partial charge in [0.15, 0.2) is 5.16 Å². The van der Waals surface area contributed by atoms with Crippen LogP contribution in [0, 0.1) is 6.92 Å². The van der Waals surface area contributed by atoms with E-state index in [-0.39, 0.29) is 16.1 Å². The van der Waals surface area contributed by atoms with Crippen molar-refractivity contribution in [3.05, 3.63) is 48.0 Å². The summed E-state index contributed by atoms with van der Waals surface area (Å²) in [6, 6.07) is 12.2. The fraction of sp³-hybridized carbons (Fsp3) is 0.263. The van der Waals surface area contributed by atoms with Crippen LogP contribution in [0.2, 0.25) is 0 Å². The van der Waals surface area contributed by atoms with Crippen molar-refractivity contribution in [1.29, 1.82) is 0 Å². The molecule has 3 aromatic rings. The molecule has 0 bridgehead atoms. The molecular formula is C19H22N4O3S2. The van der Waals surface area contributed by atoms with Crippen molar-refractivity contribution in [3.8, 4) is 0 Å². The number of fused-ring (bicyclic) bond motifs is 1. The number of hydrogen-bond acceptors (Lipinski definition) is 5. The van der Waals surface area contributed by atoms with Gasteiger partial charge in [0.1, 0.15) is 0 Å². The molecule has 0 aliphatic carbocycles. The maximum absolute atomic E-state index is 12.5. The molecule has 3 rings (SSSR count). The number of carbonyl (C=O) groups is 1. The van der Waals surface area contributed by atoms with Gasteiger partial charge in [0.2, 0.25) is 15.9 Å². The van der Waals surface area contributed by atoms with Crippen LogP contribution in [0.5, 0.6) is 0 Å². The molecule has 7 nitrogen and oxygen atoms in total. The molecule has 0 radical (unpaired) electrons. The van der Waals surface area contributed by atoms with E-state index in [4.69, 9.17) is 5.14 Å². The van der Waals surface area contributed by atoms with E-state index in [1.165, 1.54) is 23.9 Å². The molecule has 0 fully saturated rings. The van der Waals surface area contributed by atoms with Crippen molar-refractivity contribution in [2.75, 3.05) is 5.32 Å². The third kappa shape index (κ3) is 4.37. The minimum Gasteiger partial charge on any atom is -0.325 e. The van der Waals surface area contributed by atoms with E-state index in [0.29, 0.717) is 17.2 Å². The lowest BCUT2D eigenvalue weighted by molar-refractivity contribution is -0.115. The van der Waals surface area contributed by atoms with E-state index in [1.54, 1.807) is 6.07 Å².